The summed E-state index contributed by atoms with van der Waals surface area (Å²) in [5.74, 6) is -1.25. The average Bonchev–Trinajstić information content (AvgIpc) is 2.76. The molecule has 6 heteroatoms. The fourth-order valence-corrected chi connectivity index (χ4v) is 2.28. The maximum atomic E-state index is 13.5. The highest BCUT2D eigenvalue weighted by atomic mass is 19.1. The van der Waals surface area contributed by atoms with Crippen molar-refractivity contribution in [3.05, 3.63) is 58.5 Å². The SMILES string of the molecule is Cc1cc(C(C)(O)CNC(=O)c2ccc(F)cc2F)c(C)o1. The van der Waals surface area contributed by atoms with Crippen LogP contribution < -0.4 is 5.32 Å². The molecule has 1 atom stereocenters. The molecule has 1 aromatic heterocycles. The quantitative estimate of drug-likeness (QED) is 0.913. The van der Waals surface area contributed by atoms with Gasteiger partial charge in [-0.15, -0.1) is 0 Å². The van der Waals surface area contributed by atoms with E-state index in [-0.39, 0.29) is 12.1 Å². The van der Waals surface area contributed by atoms with Crippen molar-refractivity contribution < 1.29 is 23.1 Å². The Morgan fingerprint density at radius 3 is 2.55 bits per heavy atom. The molecule has 0 fully saturated rings. The third-order valence-corrected chi connectivity index (χ3v) is 3.39. The second kappa shape index (κ2) is 5.88. The van der Waals surface area contributed by atoms with Crippen LogP contribution in [-0.4, -0.2) is 17.6 Å². The molecule has 4 nitrogen and oxygen atoms in total. The second-order valence-electron chi connectivity index (χ2n) is 5.41. The number of hydrogen-bond acceptors (Lipinski definition) is 3. The van der Waals surface area contributed by atoms with Crippen molar-refractivity contribution in [1.82, 2.24) is 5.32 Å². The van der Waals surface area contributed by atoms with Crippen LogP contribution in [0, 0.1) is 25.5 Å². The second-order valence-corrected chi connectivity index (χ2v) is 5.41. The van der Waals surface area contributed by atoms with E-state index in [1.54, 1.807) is 19.9 Å². The summed E-state index contributed by atoms with van der Waals surface area (Å²) in [6, 6.07) is 4.37. The fraction of sp³-hybridized carbons (Fsp3) is 0.312. The largest absolute Gasteiger partial charge is 0.466 e. The van der Waals surface area contributed by atoms with Gasteiger partial charge in [-0.2, -0.15) is 0 Å². The average molecular weight is 309 g/mol. The van der Waals surface area contributed by atoms with Gasteiger partial charge in [0.2, 0.25) is 0 Å². The zero-order valence-corrected chi connectivity index (χ0v) is 12.5. The summed E-state index contributed by atoms with van der Waals surface area (Å²) in [4.78, 5) is 11.9. The zero-order valence-electron chi connectivity index (χ0n) is 12.5. The van der Waals surface area contributed by atoms with Crippen molar-refractivity contribution in [3.63, 3.8) is 0 Å². The van der Waals surface area contributed by atoms with E-state index in [1.165, 1.54) is 6.92 Å². The van der Waals surface area contributed by atoms with Gasteiger partial charge in [0.15, 0.2) is 0 Å². The number of nitrogens with one attached hydrogen (secondary N) is 1. The van der Waals surface area contributed by atoms with Crippen LogP contribution in [0.5, 0.6) is 0 Å². The molecule has 0 saturated heterocycles. The van der Waals surface area contributed by atoms with Crippen LogP contribution in [0.15, 0.2) is 28.7 Å². The smallest absolute Gasteiger partial charge is 0.254 e. The number of aryl methyl sites for hydroxylation is 2. The molecule has 0 aliphatic heterocycles. The van der Waals surface area contributed by atoms with Crippen LogP contribution in [0.3, 0.4) is 0 Å². The molecule has 22 heavy (non-hydrogen) atoms. The van der Waals surface area contributed by atoms with Gasteiger partial charge in [0.05, 0.1) is 12.1 Å². The van der Waals surface area contributed by atoms with Gasteiger partial charge >= 0.3 is 0 Å². The van der Waals surface area contributed by atoms with Crippen molar-refractivity contribution in [2.75, 3.05) is 6.54 Å². The van der Waals surface area contributed by atoms with Crippen LogP contribution >= 0.6 is 0 Å². The lowest BCUT2D eigenvalue weighted by atomic mass is 9.96. The molecule has 2 rings (SSSR count). The third kappa shape index (κ3) is 3.33. The van der Waals surface area contributed by atoms with E-state index >= 15 is 0 Å². The first-order valence-corrected chi connectivity index (χ1v) is 6.74. The van der Waals surface area contributed by atoms with Crippen LogP contribution in [0.25, 0.3) is 0 Å². The molecular formula is C16H17F2NO3. The molecule has 2 N–H and O–H groups in total. The summed E-state index contributed by atoms with van der Waals surface area (Å²) in [6.45, 7) is 4.84. The molecule has 0 spiro atoms. The Hall–Kier alpha value is -2.21. The lowest BCUT2D eigenvalue weighted by molar-refractivity contribution is 0.0513. The number of benzene rings is 1. The van der Waals surface area contributed by atoms with Crippen molar-refractivity contribution in [1.29, 1.82) is 0 Å². The molecule has 0 aliphatic rings. The maximum absolute atomic E-state index is 13.5. The van der Waals surface area contributed by atoms with Gasteiger partial charge in [0.1, 0.15) is 28.8 Å². The normalized spacial score (nSPS) is 13.7. The van der Waals surface area contributed by atoms with E-state index in [1.807, 2.05) is 0 Å². The number of aliphatic hydroxyl groups is 1. The molecule has 1 aromatic carbocycles. The highest BCUT2D eigenvalue weighted by Crippen LogP contribution is 2.26. The van der Waals surface area contributed by atoms with E-state index in [9.17, 15) is 18.7 Å². The number of rotatable bonds is 4. The van der Waals surface area contributed by atoms with E-state index in [2.05, 4.69) is 5.32 Å². The molecule has 0 saturated carbocycles. The Morgan fingerprint density at radius 2 is 2.00 bits per heavy atom. The fourth-order valence-electron chi connectivity index (χ4n) is 2.28. The third-order valence-electron chi connectivity index (χ3n) is 3.39. The Balaban J connectivity index is 2.11. The molecule has 0 aliphatic carbocycles. The minimum absolute atomic E-state index is 0.136. The number of halogens is 2. The van der Waals surface area contributed by atoms with E-state index in [0.29, 0.717) is 23.2 Å². The highest BCUT2D eigenvalue weighted by Gasteiger charge is 2.28. The minimum Gasteiger partial charge on any atom is -0.466 e. The molecule has 1 amide bonds. The molecule has 118 valence electrons. The monoisotopic (exact) mass is 309 g/mol. The number of carbonyl (C=O) groups excluding carboxylic acids is 1. The summed E-state index contributed by atoms with van der Waals surface area (Å²) in [5.41, 5.74) is -1.10. The Kier molecular flexibility index (Phi) is 4.32. The Bertz CT molecular complexity index is 707. The lowest BCUT2D eigenvalue weighted by Crippen LogP contribution is -2.39. The summed E-state index contributed by atoms with van der Waals surface area (Å²) >= 11 is 0. The summed E-state index contributed by atoms with van der Waals surface area (Å²) in [7, 11) is 0. The van der Waals surface area contributed by atoms with Gasteiger partial charge in [-0.05, 0) is 39.0 Å². The predicted octanol–water partition coefficient (Wildman–Crippen LogP) is 2.81. The standard InChI is InChI=1S/C16H17F2NO3/c1-9-6-13(10(2)22-9)16(3,21)8-19-15(20)12-5-4-11(17)7-14(12)18/h4-7,21H,8H2,1-3H3,(H,19,20). The first-order chi connectivity index (χ1) is 10.2. The van der Waals surface area contributed by atoms with E-state index < -0.39 is 23.1 Å². The minimum atomic E-state index is -1.37. The molecule has 2 aromatic rings. The van der Waals surface area contributed by atoms with Gasteiger partial charge in [-0.3, -0.25) is 4.79 Å². The topological polar surface area (TPSA) is 62.5 Å². The summed E-state index contributed by atoms with van der Waals surface area (Å²) in [6.07, 6.45) is 0. The molecule has 0 radical (unpaired) electrons. The van der Waals surface area contributed by atoms with Crippen LogP contribution in [0.2, 0.25) is 0 Å². The molecule has 0 bridgehead atoms. The maximum Gasteiger partial charge on any atom is 0.254 e. The van der Waals surface area contributed by atoms with Gasteiger partial charge in [0.25, 0.3) is 5.91 Å². The summed E-state index contributed by atoms with van der Waals surface area (Å²) < 4.78 is 31.7. The Labute approximate surface area is 126 Å². The van der Waals surface area contributed by atoms with Crippen molar-refractivity contribution in [3.8, 4) is 0 Å². The molecule has 1 unspecified atom stereocenters. The first-order valence-electron chi connectivity index (χ1n) is 6.74. The lowest BCUT2D eigenvalue weighted by Gasteiger charge is -2.23. The van der Waals surface area contributed by atoms with Crippen LogP contribution in [0.4, 0.5) is 8.78 Å². The number of furan rings is 1. The number of hydrogen-bond donors (Lipinski definition) is 2. The van der Waals surface area contributed by atoms with Crippen LogP contribution in [-0.2, 0) is 5.60 Å². The van der Waals surface area contributed by atoms with Crippen molar-refractivity contribution >= 4 is 5.91 Å². The molecular weight excluding hydrogens is 292 g/mol. The highest BCUT2D eigenvalue weighted by molar-refractivity contribution is 5.94. The van der Waals surface area contributed by atoms with Crippen molar-refractivity contribution in [2.24, 2.45) is 0 Å². The van der Waals surface area contributed by atoms with Gasteiger partial charge < -0.3 is 14.8 Å². The van der Waals surface area contributed by atoms with Gasteiger partial charge in [-0.1, -0.05) is 0 Å². The summed E-state index contributed by atoms with van der Waals surface area (Å²) in [5, 5.41) is 12.9. The first kappa shape index (κ1) is 16.2. The zero-order chi connectivity index (χ0) is 16.5. The van der Waals surface area contributed by atoms with Gasteiger partial charge in [-0.25, -0.2) is 8.78 Å². The van der Waals surface area contributed by atoms with E-state index in [4.69, 9.17) is 4.42 Å². The van der Waals surface area contributed by atoms with Gasteiger partial charge in [0, 0.05) is 11.6 Å². The van der Waals surface area contributed by atoms with Crippen LogP contribution in [0.1, 0.15) is 34.4 Å². The molecule has 1 heterocycles. The predicted molar refractivity (Wildman–Crippen MR) is 76.4 cm³/mol. The Morgan fingerprint density at radius 1 is 1.32 bits per heavy atom. The van der Waals surface area contributed by atoms with Crippen molar-refractivity contribution in [2.45, 2.75) is 26.4 Å². The number of amides is 1. The van der Waals surface area contributed by atoms with E-state index in [0.717, 1.165) is 12.1 Å². The number of carbonyl (C=O) groups is 1.